The van der Waals surface area contributed by atoms with Crippen LogP contribution in [0.1, 0.15) is 12.8 Å². The number of aromatic nitrogens is 1. The summed E-state index contributed by atoms with van der Waals surface area (Å²) in [7, 11) is 0. The molecule has 2 amide bonds. The number of amides is 2. The third-order valence-electron chi connectivity index (χ3n) is 3.88. The van der Waals surface area contributed by atoms with E-state index in [1.54, 1.807) is 24.3 Å². The van der Waals surface area contributed by atoms with Gasteiger partial charge in [-0.1, -0.05) is 12.1 Å². The average molecular weight is 433 g/mol. The normalized spacial score (nSPS) is 12.7. The minimum absolute atomic E-state index is 0.0787. The molecular formula is C17H18F3N3O5S. The molecule has 158 valence electrons. The highest BCUT2D eigenvalue weighted by molar-refractivity contribution is 7.99. The molecule has 8 nitrogen and oxygen atoms in total. The van der Waals surface area contributed by atoms with Crippen LogP contribution in [0.25, 0.3) is 11.1 Å². The van der Waals surface area contributed by atoms with Crippen LogP contribution in [0.4, 0.5) is 13.2 Å². The van der Waals surface area contributed by atoms with Gasteiger partial charge in [0.05, 0.1) is 11.3 Å². The fourth-order valence-electron chi connectivity index (χ4n) is 2.47. The molecule has 1 atom stereocenters. The average Bonchev–Trinajstić information content (AvgIpc) is 2.94. The topological polar surface area (TPSA) is 124 Å². The first kappa shape index (κ1) is 22.5. The number of thioether (sulfide) groups is 1. The first-order valence-corrected chi connectivity index (χ1v) is 9.60. The zero-order valence-corrected chi connectivity index (χ0v) is 15.8. The Kier molecular flexibility index (Phi) is 7.48. The van der Waals surface area contributed by atoms with Gasteiger partial charge in [-0.05, 0) is 30.7 Å². The van der Waals surface area contributed by atoms with E-state index in [1.165, 1.54) is 0 Å². The molecule has 3 N–H and O–H groups in total. The van der Waals surface area contributed by atoms with Gasteiger partial charge in [-0.15, -0.1) is 0 Å². The molecule has 0 aliphatic rings. The molecule has 0 unspecified atom stereocenters. The summed E-state index contributed by atoms with van der Waals surface area (Å²) in [4.78, 5) is 46.4. The van der Waals surface area contributed by atoms with Gasteiger partial charge >= 0.3 is 11.9 Å². The van der Waals surface area contributed by atoms with Crippen LogP contribution in [0.5, 0.6) is 0 Å². The van der Waals surface area contributed by atoms with Crippen molar-refractivity contribution < 1.29 is 32.0 Å². The van der Waals surface area contributed by atoms with Crippen LogP contribution in [-0.4, -0.2) is 45.9 Å². The number of nitrogens with one attached hydrogen (secondary N) is 1. The Morgan fingerprint density at radius 3 is 2.59 bits per heavy atom. The molecule has 0 radical (unpaired) electrons. The maximum absolute atomic E-state index is 12.2. The molecule has 1 aromatic carbocycles. The third kappa shape index (κ3) is 6.38. The van der Waals surface area contributed by atoms with Crippen molar-refractivity contribution in [2.75, 3.05) is 11.5 Å². The smallest absolute Gasteiger partial charge is 0.408 e. The summed E-state index contributed by atoms with van der Waals surface area (Å²) in [5.41, 5.74) is 5.97. The molecule has 2 rings (SSSR count). The molecule has 0 spiro atoms. The number of hydrogen-bond acceptors (Lipinski definition) is 6. The van der Waals surface area contributed by atoms with Gasteiger partial charge in [0.1, 0.15) is 12.6 Å². The Balaban J connectivity index is 1.86. The summed E-state index contributed by atoms with van der Waals surface area (Å²) in [5, 5.41) is 2.40. The van der Waals surface area contributed by atoms with Crippen molar-refractivity contribution in [2.24, 2.45) is 5.73 Å². The Bertz CT molecular complexity index is 954. The van der Waals surface area contributed by atoms with Gasteiger partial charge in [-0.25, -0.2) is 4.79 Å². The maximum atomic E-state index is 12.2. The van der Waals surface area contributed by atoms with Gasteiger partial charge < -0.3 is 15.5 Å². The van der Waals surface area contributed by atoms with Crippen molar-refractivity contribution >= 4 is 40.5 Å². The van der Waals surface area contributed by atoms with Gasteiger partial charge in [0.25, 0.3) is 0 Å². The number of carbonyl (C=O) groups excluding carboxylic acids is 3. The van der Waals surface area contributed by atoms with Crippen LogP contribution < -0.4 is 16.8 Å². The molecule has 0 aliphatic carbocycles. The molecule has 12 heteroatoms. The van der Waals surface area contributed by atoms with Crippen LogP contribution in [0.3, 0.4) is 0 Å². The molecule has 1 heterocycles. The predicted octanol–water partition coefficient (Wildman–Crippen LogP) is 1.21. The number of fused-ring (bicyclic) bond motifs is 1. The monoisotopic (exact) mass is 433 g/mol. The zero-order chi connectivity index (χ0) is 21.6. The third-order valence-corrected chi connectivity index (χ3v) is 4.93. The minimum atomic E-state index is -4.87. The summed E-state index contributed by atoms with van der Waals surface area (Å²) >= 11 is 0.776. The van der Waals surface area contributed by atoms with Crippen LogP contribution in [-0.2, 0) is 20.9 Å². The lowest BCUT2D eigenvalue weighted by atomic mass is 10.1. The zero-order valence-electron chi connectivity index (χ0n) is 15.0. The Hall–Kier alpha value is -2.76. The fraction of sp³-hybridized carbons (Fsp3) is 0.412. The minimum Gasteiger partial charge on any atom is -0.408 e. The second-order valence-electron chi connectivity index (χ2n) is 6.06. The number of alkyl halides is 3. The van der Waals surface area contributed by atoms with Gasteiger partial charge in [0, 0.05) is 0 Å². The fourth-order valence-corrected chi connectivity index (χ4v) is 3.33. The number of nitrogens with zero attached hydrogens (tertiary/aromatic N) is 1. The second kappa shape index (κ2) is 9.63. The van der Waals surface area contributed by atoms with E-state index in [0.29, 0.717) is 11.1 Å². The van der Waals surface area contributed by atoms with Crippen LogP contribution in [0.15, 0.2) is 33.5 Å². The number of primary amides is 1. The Labute approximate surface area is 166 Å². The van der Waals surface area contributed by atoms with E-state index in [1.807, 2.05) is 0 Å². The van der Waals surface area contributed by atoms with E-state index >= 15 is 0 Å². The van der Waals surface area contributed by atoms with Crippen molar-refractivity contribution in [3.8, 4) is 0 Å². The van der Waals surface area contributed by atoms with Crippen LogP contribution in [0, 0.1) is 0 Å². The lowest BCUT2D eigenvalue weighted by Gasteiger charge is -2.15. The second-order valence-corrected chi connectivity index (χ2v) is 7.17. The molecule has 0 aliphatic heterocycles. The molecule has 0 bridgehead atoms. The summed E-state index contributed by atoms with van der Waals surface area (Å²) in [6.07, 6.45) is -4.54. The largest absolute Gasteiger partial charge is 0.450 e. The molecule has 0 saturated carbocycles. The lowest BCUT2D eigenvalue weighted by Crippen LogP contribution is -2.46. The number of oxazole rings is 1. The summed E-state index contributed by atoms with van der Waals surface area (Å²) in [6.45, 7) is -0.394. The Morgan fingerprint density at radius 1 is 1.24 bits per heavy atom. The molecule has 0 fully saturated rings. The van der Waals surface area contributed by atoms with E-state index in [0.717, 1.165) is 16.3 Å². The number of nitrogens with two attached hydrogens (primary N) is 1. The van der Waals surface area contributed by atoms with Gasteiger partial charge in [-0.2, -0.15) is 24.9 Å². The van der Waals surface area contributed by atoms with Gasteiger partial charge in [-0.3, -0.25) is 19.0 Å². The van der Waals surface area contributed by atoms with Gasteiger partial charge in [0.15, 0.2) is 5.58 Å². The maximum Gasteiger partial charge on any atom is 0.450 e. The first-order valence-electron chi connectivity index (χ1n) is 8.44. The highest BCUT2D eigenvalue weighted by atomic mass is 32.2. The van der Waals surface area contributed by atoms with E-state index in [9.17, 15) is 32.3 Å². The molecule has 0 saturated heterocycles. The van der Waals surface area contributed by atoms with Crippen molar-refractivity contribution in [3.63, 3.8) is 0 Å². The number of para-hydroxylation sites is 2. The van der Waals surface area contributed by atoms with Crippen molar-refractivity contribution in [1.82, 2.24) is 9.88 Å². The summed E-state index contributed by atoms with van der Waals surface area (Å²) in [6, 6.07) is 5.44. The van der Waals surface area contributed by atoms with Crippen molar-refractivity contribution in [1.29, 1.82) is 0 Å². The number of carbonyl (C=O) groups is 3. The van der Waals surface area contributed by atoms with E-state index in [2.05, 4.69) is 5.32 Å². The number of Topliss-reactive ketones (excluding diaryl/α,β-unsaturated/α-hetero) is 1. The van der Waals surface area contributed by atoms with Gasteiger partial charge in [0.2, 0.25) is 17.6 Å². The lowest BCUT2D eigenvalue weighted by molar-refractivity contribution is -0.167. The number of halogens is 3. The highest BCUT2D eigenvalue weighted by Gasteiger charge is 2.37. The molecular weight excluding hydrogens is 415 g/mol. The van der Waals surface area contributed by atoms with E-state index in [-0.39, 0.29) is 18.6 Å². The van der Waals surface area contributed by atoms with Crippen LogP contribution >= 0.6 is 11.8 Å². The Morgan fingerprint density at radius 2 is 1.93 bits per heavy atom. The molecule has 1 aromatic heterocycles. The quantitative estimate of drug-likeness (QED) is 0.543. The SMILES string of the molecule is NC(=O)[C@H](CCCSCC(=O)C(F)(F)F)NC(=O)Cn1c(=O)oc2ccccc21. The highest BCUT2D eigenvalue weighted by Crippen LogP contribution is 2.19. The van der Waals surface area contributed by atoms with Crippen molar-refractivity contribution in [3.05, 3.63) is 34.8 Å². The first-order chi connectivity index (χ1) is 13.6. The van der Waals surface area contributed by atoms with Crippen LogP contribution in [0.2, 0.25) is 0 Å². The van der Waals surface area contributed by atoms with Crippen molar-refractivity contribution in [2.45, 2.75) is 31.6 Å². The number of hydrogen-bond donors (Lipinski definition) is 2. The summed E-state index contributed by atoms with van der Waals surface area (Å²) < 4.78 is 42.5. The number of ketones is 1. The molecule has 29 heavy (non-hydrogen) atoms. The number of benzene rings is 1. The van der Waals surface area contributed by atoms with E-state index < -0.39 is 47.9 Å². The summed E-state index contributed by atoms with van der Waals surface area (Å²) in [5.74, 6) is -4.58. The number of rotatable bonds is 10. The van der Waals surface area contributed by atoms with E-state index in [4.69, 9.17) is 10.2 Å². The predicted molar refractivity (Wildman–Crippen MR) is 99.2 cm³/mol. The molecule has 2 aromatic rings. The standard InChI is InChI=1S/C17H18F3N3O5S/c18-17(19,20)13(24)9-29-7-3-4-10(15(21)26)22-14(25)8-23-11-5-1-2-6-12(11)28-16(23)27/h1-2,5-6,10H,3-4,7-9H2,(H2,21,26)(H,22,25)/t10-/m0/s1.